The molecule has 0 amide bonds. The van der Waals surface area contributed by atoms with Gasteiger partial charge in [-0.3, -0.25) is 0 Å². The minimum atomic E-state index is -0.970. The van der Waals surface area contributed by atoms with Crippen LogP contribution in [0.1, 0.15) is 29.9 Å². The van der Waals surface area contributed by atoms with E-state index in [0.29, 0.717) is 5.92 Å². The van der Waals surface area contributed by atoms with Gasteiger partial charge in [-0.2, -0.15) is 60.3 Å². The molecule has 0 saturated heterocycles. The molecule has 1 aromatic rings. The number of benzene rings is 1. The zero-order valence-corrected chi connectivity index (χ0v) is 28.3. The Labute approximate surface area is 236 Å². The van der Waals surface area contributed by atoms with E-state index in [0.717, 1.165) is 5.92 Å². The van der Waals surface area contributed by atoms with E-state index < -0.39 is 16.1 Å². The maximum absolute atomic E-state index is 3.50. The van der Waals surface area contributed by atoms with Gasteiger partial charge in [-0.1, -0.05) is 93.4 Å². The van der Waals surface area contributed by atoms with Crippen molar-refractivity contribution < 1.29 is 21.7 Å². The summed E-state index contributed by atoms with van der Waals surface area (Å²) in [5.41, 5.74) is 7.75. The van der Waals surface area contributed by atoms with Crippen molar-refractivity contribution in [2.45, 2.75) is 58.0 Å². The molecule has 1 aromatic carbocycles. The van der Waals surface area contributed by atoms with Crippen LogP contribution in [0.3, 0.4) is 0 Å². The summed E-state index contributed by atoms with van der Waals surface area (Å²) >= 11 is 0. The number of rotatable bonds is 3. The van der Waals surface area contributed by atoms with Crippen LogP contribution < -0.4 is 0 Å². The van der Waals surface area contributed by atoms with Gasteiger partial charge in [0.15, 0.2) is 0 Å². The molecule has 2 unspecified atom stereocenters. The van der Waals surface area contributed by atoms with Crippen molar-refractivity contribution >= 4 is 16.1 Å². The summed E-state index contributed by atoms with van der Waals surface area (Å²) in [4.78, 5) is 0. The summed E-state index contributed by atoms with van der Waals surface area (Å²) in [6.07, 6.45) is 14.2. The molecule has 0 N–H and O–H groups in total. The van der Waals surface area contributed by atoms with Crippen molar-refractivity contribution in [1.82, 2.24) is 0 Å². The Morgan fingerprint density at radius 1 is 0.771 bits per heavy atom. The molecule has 35 heavy (non-hydrogen) atoms. The van der Waals surface area contributed by atoms with Gasteiger partial charge in [0.25, 0.3) is 0 Å². The first kappa shape index (κ1) is 38.9. The number of nitrogens with zero attached hydrogens (tertiary/aromatic N) is 3. The van der Waals surface area contributed by atoms with E-state index in [9.17, 15) is 0 Å². The molecule has 196 valence electrons. The van der Waals surface area contributed by atoms with E-state index in [2.05, 4.69) is 122 Å². The zero-order chi connectivity index (χ0) is 26.6. The minimum Gasteiger partial charge on any atom is -0.668 e. The molecular formula is C29H53N3Si2Ti. The standard InChI is InChI=1S/C13H13.C10H22Si2.3C2H6N.Ti/c1-3-7-12-10(5-1)9-11-6-2-4-8-13(11)12;1-11(2,3)9-7-8-10-12(4,5)6;3*1-3-2;/h1,3-5,7-9,11,13H,2,6H2;7-10H,1-6H3;3*1-2H3;/q-1;;3*-1;+4. The third-order valence-corrected chi connectivity index (χ3v) is 6.91. The molecule has 0 fully saturated rings. The molecule has 6 heteroatoms. The molecule has 3 rings (SSSR count). The van der Waals surface area contributed by atoms with Gasteiger partial charge in [0.1, 0.15) is 0 Å². The first-order valence-corrected chi connectivity index (χ1v) is 19.5. The Morgan fingerprint density at radius 2 is 1.20 bits per heavy atom. The maximum Gasteiger partial charge on any atom is 4.00 e. The molecule has 2 aliphatic carbocycles. The van der Waals surface area contributed by atoms with Crippen molar-refractivity contribution in [2.24, 2.45) is 5.92 Å². The van der Waals surface area contributed by atoms with E-state index in [1.54, 1.807) is 42.3 Å². The fourth-order valence-electron chi connectivity index (χ4n) is 3.26. The molecule has 0 aromatic heterocycles. The van der Waals surface area contributed by atoms with Gasteiger partial charge in [0.05, 0.1) is 16.1 Å². The SMILES string of the molecule is C1=CC2c3ccccc3[CH-]C2CC1.C[N-]C.C[N-]C.C[N-]C.C[Si](C)(C)C=CC=C[Si](C)(C)C.[Ti+4]. The topological polar surface area (TPSA) is 42.3 Å². The number of hydrogen-bond acceptors (Lipinski definition) is 0. The van der Waals surface area contributed by atoms with Gasteiger partial charge < -0.3 is 16.0 Å². The van der Waals surface area contributed by atoms with Crippen molar-refractivity contribution in [3.8, 4) is 0 Å². The Hall–Kier alpha value is -0.662. The first-order chi connectivity index (χ1) is 15.9. The minimum absolute atomic E-state index is 0. The molecular weight excluding hydrogens is 494 g/mol. The van der Waals surface area contributed by atoms with Crippen LogP contribution in [0.2, 0.25) is 39.3 Å². The van der Waals surface area contributed by atoms with Gasteiger partial charge >= 0.3 is 21.7 Å². The van der Waals surface area contributed by atoms with Crippen LogP contribution in [-0.2, 0) is 21.7 Å². The number of fused-ring (bicyclic) bond motifs is 3. The van der Waals surface area contributed by atoms with Crippen LogP contribution in [0, 0.1) is 12.3 Å². The van der Waals surface area contributed by atoms with Crippen molar-refractivity contribution in [3.63, 3.8) is 0 Å². The molecule has 3 nitrogen and oxygen atoms in total. The van der Waals surface area contributed by atoms with E-state index >= 15 is 0 Å². The van der Waals surface area contributed by atoms with Gasteiger partial charge in [0.2, 0.25) is 0 Å². The Morgan fingerprint density at radius 3 is 1.63 bits per heavy atom. The fraction of sp³-hybridized carbons (Fsp3) is 0.552. The summed E-state index contributed by atoms with van der Waals surface area (Å²) in [5, 5.41) is 10.5. The third kappa shape index (κ3) is 22.3. The predicted molar refractivity (Wildman–Crippen MR) is 165 cm³/mol. The van der Waals surface area contributed by atoms with Gasteiger partial charge in [-0.05, 0) is 12.3 Å². The molecule has 0 heterocycles. The summed E-state index contributed by atoms with van der Waals surface area (Å²) < 4.78 is 0. The number of hydrogen-bond donors (Lipinski definition) is 0. The van der Waals surface area contributed by atoms with E-state index in [1.165, 1.54) is 24.0 Å². The van der Waals surface area contributed by atoms with Crippen LogP contribution in [0.15, 0.2) is 60.0 Å². The molecule has 2 atom stereocenters. The summed E-state index contributed by atoms with van der Waals surface area (Å²) in [6, 6.07) is 8.79. The average molecular weight is 548 g/mol. The second-order valence-electron chi connectivity index (χ2n) is 10.8. The summed E-state index contributed by atoms with van der Waals surface area (Å²) in [7, 11) is 8.56. The largest absolute Gasteiger partial charge is 4.00 e. The van der Waals surface area contributed by atoms with E-state index in [1.807, 2.05) is 0 Å². The van der Waals surface area contributed by atoms with Crippen molar-refractivity contribution in [1.29, 1.82) is 0 Å². The second kappa shape index (κ2) is 22.5. The van der Waals surface area contributed by atoms with Crippen molar-refractivity contribution in [3.05, 3.63) is 93.5 Å². The maximum atomic E-state index is 3.50. The summed E-state index contributed by atoms with van der Waals surface area (Å²) in [5.74, 6) is 1.47. The molecule has 2 aliphatic rings. The molecule has 0 saturated carbocycles. The van der Waals surface area contributed by atoms with Crippen LogP contribution in [0.25, 0.3) is 16.0 Å². The van der Waals surface area contributed by atoms with Crippen LogP contribution in [-0.4, -0.2) is 58.4 Å². The summed E-state index contributed by atoms with van der Waals surface area (Å²) in [6.45, 7) is 14.1. The first-order valence-electron chi connectivity index (χ1n) is 12.3. The van der Waals surface area contributed by atoms with E-state index in [-0.39, 0.29) is 21.7 Å². The quantitative estimate of drug-likeness (QED) is 0.157. The van der Waals surface area contributed by atoms with Gasteiger partial charge in [-0.25, -0.2) is 0 Å². The number of allylic oxidation sites excluding steroid dienone is 4. The average Bonchev–Trinajstić information content (AvgIpc) is 3.11. The van der Waals surface area contributed by atoms with Gasteiger partial charge in [0, 0.05) is 0 Å². The smallest absolute Gasteiger partial charge is 0.668 e. The zero-order valence-electron chi connectivity index (χ0n) is 24.8. The Kier molecular flexibility index (Phi) is 25.0. The molecule has 0 spiro atoms. The fourth-order valence-corrected chi connectivity index (χ4v) is 4.64. The third-order valence-electron chi connectivity index (χ3n) is 4.52. The Bertz CT molecular complexity index is 678. The van der Waals surface area contributed by atoms with Crippen molar-refractivity contribution in [2.75, 3.05) is 42.3 Å². The molecule has 0 aliphatic heterocycles. The monoisotopic (exact) mass is 547 g/mol. The van der Waals surface area contributed by atoms with Gasteiger partial charge in [-0.15, -0.1) is 17.7 Å². The van der Waals surface area contributed by atoms with Crippen LogP contribution in [0.5, 0.6) is 0 Å². The van der Waals surface area contributed by atoms with Crippen LogP contribution >= 0.6 is 0 Å². The predicted octanol–water partition coefficient (Wildman–Crippen LogP) is 9.01. The normalized spacial score (nSPS) is 17.5. The Balaban J connectivity index is -0.000000431. The van der Waals surface area contributed by atoms with E-state index in [4.69, 9.17) is 0 Å². The molecule has 0 radical (unpaired) electrons. The molecule has 0 bridgehead atoms. The second-order valence-corrected chi connectivity index (χ2v) is 20.9. The van der Waals surface area contributed by atoms with Crippen LogP contribution in [0.4, 0.5) is 0 Å².